The summed E-state index contributed by atoms with van der Waals surface area (Å²) in [4.78, 5) is 0. The second kappa shape index (κ2) is 8.09. The van der Waals surface area contributed by atoms with Crippen molar-refractivity contribution in [1.82, 2.24) is 10.2 Å². The zero-order chi connectivity index (χ0) is 18.5. The average Bonchev–Trinajstić information content (AvgIpc) is 3.15. The van der Waals surface area contributed by atoms with Crippen molar-refractivity contribution in [3.8, 4) is 28.7 Å². The first-order valence-corrected chi connectivity index (χ1v) is 8.64. The highest BCUT2D eigenvalue weighted by atomic mass is 32.2. The molecule has 0 aliphatic carbocycles. The van der Waals surface area contributed by atoms with E-state index in [4.69, 9.17) is 18.6 Å². The number of ether oxygens (including phenoxy) is 3. The van der Waals surface area contributed by atoms with Crippen LogP contribution in [-0.2, 0) is 5.75 Å². The van der Waals surface area contributed by atoms with Crippen molar-refractivity contribution in [2.45, 2.75) is 11.0 Å². The molecule has 8 heteroatoms. The van der Waals surface area contributed by atoms with E-state index in [1.807, 2.05) is 0 Å². The Hall–Kier alpha value is -2.74. The molecule has 0 radical (unpaired) electrons. The monoisotopic (exact) mass is 376 g/mol. The molecule has 0 bridgehead atoms. The largest absolute Gasteiger partial charge is 0.493 e. The molecule has 2 aromatic carbocycles. The zero-order valence-corrected chi connectivity index (χ0v) is 15.3. The predicted molar refractivity (Wildman–Crippen MR) is 95.4 cm³/mol. The third-order valence-electron chi connectivity index (χ3n) is 3.59. The Labute approximate surface area is 154 Å². The van der Waals surface area contributed by atoms with Gasteiger partial charge < -0.3 is 18.6 Å². The molecular formula is C18H17FN2O4S. The molecule has 1 aromatic heterocycles. The SMILES string of the molecule is COc1cc(-c2nnc(SCc3ccc(F)cc3)o2)cc(OC)c1OC. The minimum Gasteiger partial charge on any atom is -0.493 e. The lowest BCUT2D eigenvalue weighted by atomic mass is 10.2. The molecule has 0 amide bonds. The first-order chi connectivity index (χ1) is 12.6. The van der Waals surface area contributed by atoms with Gasteiger partial charge in [0.05, 0.1) is 21.3 Å². The zero-order valence-electron chi connectivity index (χ0n) is 14.5. The number of halogens is 1. The minimum absolute atomic E-state index is 0.263. The van der Waals surface area contributed by atoms with Gasteiger partial charge in [0.2, 0.25) is 11.6 Å². The van der Waals surface area contributed by atoms with E-state index in [2.05, 4.69) is 10.2 Å². The van der Waals surface area contributed by atoms with Crippen molar-refractivity contribution < 1.29 is 23.0 Å². The fourth-order valence-electron chi connectivity index (χ4n) is 2.32. The first kappa shape index (κ1) is 18.1. The highest BCUT2D eigenvalue weighted by molar-refractivity contribution is 7.98. The maximum Gasteiger partial charge on any atom is 0.277 e. The van der Waals surface area contributed by atoms with Crippen LogP contribution in [0.15, 0.2) is 46.0 Å². The van der Waals surface area contributed by atoms with Crippen LogP contribution in [-0.4, -0.2) is 31.5 Å². The van der Waals surface area contributed by atoms with E-state index in [0.29, 0.717) is 39.7 Å². The molecule has 0 aliphatic rings. The molecule has 0 N–H and O–H groups in total. The van der Waals surface area contributed by atoms with Crippen LogP contribution >= 0.6 is 11.8 Å². The van der Waals surface area contributed by atoms with Crippen LogP contribution in [0.3, 0.4) is 0 Å². The maximum absolute atomic E-state index is 12.9. The summed E-state index contributed by atoms with van der Waals surface area (Å²) in [5.74, 6) is 2.16. The van der Waals surface area contributed by atoms with Gasteiger partial charge in [0, 0.05) is 11.3 Å². The standard InChI is InChI=1S/C18H17FN2O4S/c1-22-14-8-12(9-15(23-2)16(14)24-3)17-20-21-18(25-17)26-10-11-4-6-13(19)7-5-11/h4-9H,10H2,1-3H3. The Balaban J connectivity index is 1.79. The van der Waals surface area contributed by atoms with E-state index < -0.39 is 0 Å². The van der Waals surface area contributed by atoms with Crippen molar-refractivity contribution in [2.24, 2.45) is 0 Å². The van der Waals surface area contributed by atoms with Crippen molar-refractivity contribution in [2.75, 3.05) is 21.3 Å². The van der Waals surface area contributed by atoms with Crippen molar-refractivity contribution in [1.29, 1.82) is 0 Å². The maximum atomic E-state index is 12.9. The molecule has 26 heavy (non-hydrogen) atoms. The van der Waals surface area contributed by atoms with Gasteiger partial charge in [-0.15, -0.1) is 10.2 Å². The molecule has 3 rings (SSSR count). The van der Waals surface area contributed by atoms with Gasteiger partial charge in [-0.1, -0.05) is 23.9 Å². The van der Waals surface area contributed by atoms with Crippen LogP contribution in [0.1, 0.15) is 5.56 Å². The van der Waals surface area contributed by atoms with Crippen molar-refractivity contribution in [3.63, 3.8) is 0 Å². The fraction of sp³-hybridized carbons (Fsp3) is 0.222. The van der Waals surface area contributed by atoms with E-state index in [0.717, 1.165) is 5.56 Å². The third-order valence-corrected chi connectivity index (χ3v) is 4.48. The number of hydrogen-bond acceptors (Lipinski definition) is 7. The second-order valence-electron chi connectivity index (χ2n) is 5.20. The molecule has 0 saturated carbocycles. The van der Waals surface area contributed by atoms with Gasteiger partial charge in [0.25, 0.3) is 5.22 Å². The lowest BCUT2D eigenvalue weighted by molar-refractivity contribution is 0.324. The number of thioether (sulfide) groups is 1. The predicted octanol–water partition coefficient (Wildman–Crippen LogP) is 4.19. The Kier molecular flexibility index (Phi) is 5.62. The molecule has 0 unspecified atom stereocenters. The lowest BCUT2D eigenvalue weighted by Crippen LogP contribution is -1.95. The molecule has 0 atom stereocenters. The van der Waals surface area contributed by atoms with Gasteiger partial charge in [-0.3, -0.25) is 0 Å². The molecule has 0 aliphatic heterocycles. The van der Waals surface area contributed by atoms with Crippen LogP contribution in [0, 0.1) is 5.82 Å². The number of hydrogen-bond donors (Lipinski definition) is 0. The van der Waals surface area contributed by atoms with Crippen LogP contribution in [0.5, 0.6) is 17.2 Å². The van der Waals surface area contributed by atoms with Gasteiger partial charge >= 0.3 is 0 Å². The third kappa shape index (κ3) is 3.91. The summed E-state index contributed by atoms with van der Waals surface area (Å²) in [6, 6.07) is 9.76. The number of nitrogens with zero attached hydrogens (tertiary/aromatic N) is 2. The summed E-state index contributed by atoms with van der Waals surface area (Å²) in [5, 5.41) is 8.52. The highest BCUT2D eigenvalue weighted by Gasteiger charge is 2.17. The summed E-state index contributed by atoms with van der Waals surface area (Å²) in [5.41, 5.74) is 1.62. The first-order valence-electron chi connectivity index (χ1n) is 7.65. The summed E-state index contributed by atoms with van der Waals surface area (Å²) in [6.45, 7) is 0. The number of rotatable bonds is 7. The minimum atomic E-state index is -0.263. The van der Waals surface area contributed by atoms with E-state index in [1.165, 1.54) is 31.0 Å². The molecule has 0 spiro atoms. The Morgan fingerprint density at radius 2 is 1.62 bits per heavy atom. The van der Waals surface area contributed by atoms with Crippen molar-refractivity contribution in [3.05, 3.63) is 47.8 Å². The lowest BCUT2D eigenvalue weighted by Gasteiger charge is -2.12. The number of benzene rings is 2. The molecule has 136 valence electrons. The Bertz CT molecular complexity index is 858. The van der Waals surface area contributed by atoms with Gasteiger partial charge in [-0.05, 0) is 29.8 Å². The van der Waals surface area contributed by atoms with Crippen LogP contribution in [0.4, 0.5) is 4.39 Å². The number of methoxy groups -OCH3 is 3. The van der Waals surface area contributed by atoms with Crippen LogP contribution in [0.2, 0.25) is 0 Å². The van der Waals surface area contributed by atoms with E-state index in [-0.39, 0.29) is 5.82 Å². The Morgan fingerprint density at radius 3 is 2.19 bits per heavy atom. The summed E-state index contributed by atoms with van der Waals surface area (Å²) >= 11 is 1.37. The molecule has 0 fully saturated rings. The van der Waals surface area contributed by atoms with Gasteiger partial charge in [0.1, 0.15) is 5.82 Å². The van der Waals surface area contributed by atoms with Crippen LogP contribution in [0.25, 0.3) is 11.5 Å². The molecule has 3 aromatic rings. The fourth-order valence-corrected chi connectivity index (χ4v) is 3.03. The second-order valence-corrected chi connectivity index (χ2v) is 6.13. The molecule has 6 nitrogen and oxygen atoms in total. The number of aromatic nitrogens is 2. The topological polar surface area (TPSA) is 66.6 Å². The average molecular weight is 376 g/mol. The van der Waals surface area contributed by atoms with Gasteiger partial charge in [-0.2, -0.15) is 0 Å². The smallest absolute Gasteiger partial charge is 0.277 e. The van der Waals surface area contributed by atoms with E-state index >= 15 is 0 Å². The normalized spacial score (nSPS) is 10.6. The highest BCUT2D eigenvalue weighted by Crippen LogP contribution is 2.41. The Morgan fingerprint density at radius 1 is 0.962 bits per heavy atom. The quantitative estimate of drug-likeness (QED) is 0.573. The molecule has 0 saturated heterocycles. The van der Waals surface area contributed by atoms with E-state index in [1.54, 1.807) is 38.5 Å². The molecule has 1 heterocycles. The summed E-state index contributed by atoms with van der Waals surface area (Å²) in [6.07, 6.45) is 0. The van der Waals surface area contributed by atoms with Gasteiger partial charge in [0.15, 0.2) is 11.5 Å². The molecular weight excluding hydrogens is 359 g/mol. The summed E-state index contributed by atoms with van der Waals surface area (Å²) < 4.78 is 34.6. The van der Waals surface area contributed by atoms with E-state index in [9.17, 15) is 4.39 Å². The summed E-state index contributed by atoms with van der Waals surface area (Å²) in [7, 11) is 4.62. The van der Waals surface area contributed by atoms with Crippen LogP contribution < -0.4 is 14.2 Å². The van der Waals surface area contributed by atoms with Crippen molar-refractivity contribution >= 4 is 11.8 Å². The van der Waals surface area contributed by atoms with Gasteiger partial charge in [-0.25, -0.2) is 4.39 Å².